The predicted molar refractivity (Wildman–Crippen MR) is 69.2 cm³/mol. The van der Waals surface area contributed by atoms with Gasteiger partial charge >= 0.3 is 0 Å². The molecule has 2 aliphatic rings. The Hall–Kier alpha value is -1.35. The molecule has 3 rings (SSSR count). The first kappa shape index (κ1) is 11.7. The van der Waals surface area contributed by atoms with Gasteiger partial charge in [0.25, 0.3) is 0 Å². The van der Waals surface area contributed by atoms with E-state index < -0.39 is 0 Å². The topological polar surface area (TPSA) is 40.5 Å². The maximum absolute atomic E-state index is 12.4. The number of fused-ring (bicyclic) bond motifs is 1. The summed E-state index contributed by atoms with van der Waals surface area (Å²) in [4.78, 5) is 14.3. The van der Waals surface area contributed by atoms with Crippen molar-refractivity contribution in [3.63, 3.8) is 0 Å². The summed E-state index contributed by atoms with van der Waals surface area (Å²) in [5.41, 5.74) is 2.63. The van der Waals surface area contributed by atoms with Gasteiger partial charge < -0.3 is 10.0 Å². The smallest absolute Gasteiger partial charge is 0.226 e. The number of aliphatic hydroxyl groups excluding tert-OH is 1. The van der Waals surface area contributed by atoms with Gasteiger partial charge in [0.15, 0.2) is 0 Å². The fraction of sp³-hybridized carbons (Fsp3) is 0.533. The SMILES string of the molecule is O=C(C1Cc2ccccc2C1)N1CCC[C@H](O)C1. The molecule has 18 heavy (non-hydrogen) atoms. The van der Waals surface area contributed by atoms with E-state index in [2.05, 4.69) is 12.1 Å². The zero-order valence-electron chi connectivity index (χ0n) is 10.5. The van der Waals surface area contributed by atoms with Crippen LogP contribution in [0.2, 0.25) is 0 Å². The molecule has 0 aromatic heterocycles. The van der Waals surface area contributed by atoms with Crippen LogP contribution in [0.4, 0.5) is 0 Å². The normalized spacial score (nSPS) is 24.1. The van der Waals surface area contributed by atoms with E-state index >= 15 is 0 Å². The fourth-order valence-corrected chi connectivity index (χ4v) is 3.15. The Kier molecular flexibility index (Phi) is 3.08. The van der Waals surface area contributed by atoms with Crippen molar-refractivity contribution in [2.24, 2.45) is 5.92 Å². The number of hydrogen-bond donors (Lipinski definition) is 1. The molecule has 96 valence electrons. The lowest BCUT2D eigenvalue weighted by Crippen LogP contribution is -2.45. The molecule has 0 bridgehead atoms. The predicted octanol–water partition coefficient (Wildman–Crippen LogP) is 1.38. The van der Waals surface area contributed by atoms with Crippen LogP contribution in [0.3, 0.4) is 0 Å². The molecule has 1 saturated heterocycles. The average Bonchev–Trinajstić information content (AvgIpc) is 2.81. The molecule has 3 heteroatoms. The van der Waals surface area contributed by atoms with Crippen molar-refractivity contribution in [2.75, 3.05) is 13.1 Å². The highest BCUT2D eigenvalue weighted by Gasteiger charge is 2.32. The van der Waals surface area contributed by atoms with Crippen LogP contribution in [-0.4, -0.2) is 35.1 Å². The third kappa shape index (κ3) is 2.15. The van der Waals surface area contributed by atoms with Gasteiger partial charge in [0.1, 0.15) is 0 Å². The maximum atomic E-state index is 12.4. The Labute approximate surface area is 107 Å². The third-order valence-electron chi connectivity index (χ3n) is 4.11. The highest BCUT2D eigenvalue weighted by atomic mass is 16.3. The van der Waals surface area contributed by atoms with Crippen molar-refractivity contribution in [3.8, 4) is 0 Å². The van der Waals surface area contributed by atoms with Crippen molar-refractivity contribution in [1.29, 1.82) is 0 Å². The van der Waals surface area contributed by atoms with E-state index in [1.54, 1.807) is 0 Å². The summed E-state index contributed by atoms with van der Waals surface area (Å²) >= 11 is 0. The Morgan fingerprint density at radius 3 is 2.50 bits per heavy atom. The molecule has 1 N–H and O–H groups in total. The molecule has 3 nitrogen and oxygen atoms in total. The molecule has 0 spiro atoms. The van der Waals surface area contributed by atoms with Gasteiger partial charge in [-0.3, -0.25) is 4.79 Å². The summed E-state index contributed by atoms with van der Waals surface area (Å²) in [5, 5.41) is 9.65. The van der Waals surface area contributed by atoms with Crippen LogP contribution in [-0.2, 0) is 17.6 Å². The van der Waals surface area contributed by atoms with Gasteiger partial charge in [-0.05, 0) is 36.8 Å². The molecule has 0 radical (unpaired) electrons. The number of aliphatic hydroxyl groups is 1. The van der Waals surface area contributed by atoms with Crippen molar-refractivity contribution in [2.45, 2.75) is 31.8 Å². The van der Waals surface area contributed by atoms with E-state index in [0.29, 0.717) is 6.54 Å². The van der Waals surface area contributed by atoms with Crippen molar-refractivity contribution < 1.29 is 9.90 Å². The van der Waals surface area contributed by atoms with E-state index in [4.69, 9.17) is 0 Å². The minimum absolute atomic E-state index is 0.0905. The number of rotatable bonds is 1. The van der Waals surface area contributed by atoms with Crippen LogP contribution in [0, 0.1) is 5.92 Å². The molecule has 1 aliphatic heterocycles. The number of piperidine rings is 1. The number of hydrogen-bond acceptors (Lipinski definition) is 2. The zero-order chi connectivity index (χ0) is 12.5. The minimum atomic E-state index is -0.327. The van der Waals surface area contributed by atoms with Crippen LogP contribution in [0.15, 0.2) is 24.3 Å². The van der Waals surface area contributed by atoms with Gasteiger partial charge in [0.05, 0.1) is 6.10 Å². The second kappa shape index (κ2) is 4.73. The molecule has 1 fully saturated rings. The first-order chi connectivity index (χ1) is 8.74. The largest absolute Gasteiger partial charge is 0.391 e. The van der Waals surface area contributed by atoms with Gasteiger partial charge in [-0.15, -0.1) is 0 Å². The van der Waals surface area contributed by atoms with Crippen molar-refractivity contribution >= 4 is 5.91 Å². The second-order valence-electron chi connectivity index (χ2n) is 5.45. The van der Waals surface area contributed by atoms with E-state index in [1.165, 1.54) is 11.1 Å². The monoisotopic (exact) mass is 245 g/mol. The van der Waals surface area contributed by atoms with E-state index in [0.717, 1.165) is 32.2 Å². The highest BCUT2D eigenvalue weighted by molar-refractivity contribution is 5.80. The summed E-state index contributed by atoms with van der Waals surface area (Å²) in [6, 6.07) is 8.31. The summed E-state index contributed by atoms with van der Waals surface area (Å²) in [5.74, 6) is 0.317. The summed E-state index contributed by atoms with van der Waals surface area (Å²) in [7, 11) is 0. The molecular formula is C15H19NO2. The Morgan fingerprint density at radius 1 is 1.22 bits per heavy atom. The summed E-state index contributed by atoms with van der Waals surface area (Å²) in [6.07, 6.45) is 3.15. The highest BCUT2D eigenvalue weighted by Crippen LogP contribution is 2.28. The van der Waals surface area contributed by atoms with E-state index in [9.17, 15) is 9.90 Å². The lowest BCUT2D eigenvalue weighted by molar-refractivity contribution is -0.138. The minimum Gasteiger partial charge on any atom is -0.391 e. The Balaban J connectivity index is 1.68. The molecule has 1 heterocycles. The lowest BCUT2D eigenvalue weighted by atomic mass is 10.0. The maximum Gasteiger partial charge on any atom is 0.226 e. The lowest BCUT2D eigenvalue weighted by Gasteiger charge is -2.32. The molecule has 1 aliphatic carbocycles. The van der Waals surface area contributed by atoms with E-state index in [1.807, 2.05) is 17.0 Å². The van der Waals surface area contributed by atoms with E-state index in [-0.39, 0.29) is 17.9 Å². The number of amides is 1. The number of carbonyl (C=O) groups excluding carboxylic acids is 1. The molecule has 1 amide bonds. The molecule has 0 saturated carbocycles. The Bertz CT molecular complexity index is 433. The number of β-amino-alcohol motifs (C(OH)–C–C–N with tert-alkyl or cyclic N) is 1. The molecule has 1 aromatic carbocycles. The van der Waals surface area contributed by atoms with Crippen LogP contribution < -0.4 is 0 Å². The van der Waals surface area contributed by atoms with Gasteiger partial charge in [-0.25, -0.2) is 0 Å². The second-order valence-corrected chi connectivity index (χ2v) is 5.45. The first-order valence-electron chi connectivity index (χ1n) is 6.77. The number of nitrogens with zero attached hydrogens (tertiary/aromatic N) is 1. The Morgan fingerprint density at radius 2 is 1.89 bits per heavy atom. The van der Waals surface area contributed by atoms with Crippen LogP contribution in [0.5, 0.6) is 0 Å². The van der Waals surface area contributed by atoms with Crippen molar-refractivity contribution in [3.05, 3.63) is 35.4 Å². The number of likely N-dealkylation sites (tertiary alicyclic amines) is 1. The zero-order valence-corrected chi connectivity index (χ0v) is 10.5. The standard InChI is InChI=1S/C15H19NO2/c17-14-6-3-7-16(10-14)15(18)13-8-11-4-1-2-5-12(11)9-13/h1-2,4-5,13-14,17H,3,6-10H2/t14-/m0/s1. The van der Waals surface area contributed by atoms with Crippen molar-refractivity contribution in [1.82, 2.24) is 4.90 Å². The number of carbonyl (C=O) groups is 1. The summed E-state index contributed by atoms with van der Waals surface area (Å²) < 4.78 is 0. The van der Waals surface area contributed by atoms with Gasteiger partial charge in [0.2, 0.25) is 5.91 Å². The fourth-order valence-electron chi connectivity index (χ4n) is 3.15. The summed E-state index contributed by atoms with van der Waals surface area (Å²) in [6.45, 7) is 1.33. The van der Waals surface area contributed by atoms with Crippen LogP contribution in [0.1, 0.15) is 24.0 Å². The van der Waals surface area contributed by atoms with Gasteiger partial charge in [-0.2, -0.15) is 0 Å². The molecule has 1 aromatic rings. The molecular weight excluding hydrogens is 226 g/mol. The third-order valence-corrected chi connectivity index (χ3v) is 4.11. The van der Waals surface area contributed by atoms with Crippen LogP contribution >= 0.6 is 0 Å². The first-order valence-corrected chi connectivity index (χ1v) is 6.77. The van der Waals surface area contributed by atoms with Gasteiger partial charge in [0, 0.05) is 19.0 Å². The number of benzene rings is 1. The molecule has 0 unspecified atom stereocenters. The molecule has 1 atom stereocenters. The average molecular weight is 245 g/mol. The van der Waals surface area contributed by atoms with Crippen LogP contribution in [0.25, 0.3) is 0 Å². The van der Waals surface area contributed by atoms with Gasteiger partial charge in [-0.1, -0.05) is 24.3 Å². The quantitative estimate of drug-likeness (QED) is 0.812.